The highest BCUT2D eigenvalue weighted by Crippen LogP contribution is 2.21. The van der Waals surface area contributed by atoms with E-state index in [0.717, 1.165) is 11.1 Å². The van der Waals surface area contributed by atoms with Crippen molar-refractivity contribution in [2.45, 2.75) is 19.5 Å². The Labute approximate surface area is 149 Å². The number of benzene rings is 2. The Morgan fingerprint density at radius 1 is 1.08 bits per heavy atom. The van der Waals surface area contributed by atoms with E-state index in [1.54, 1.807) is 4.68 Å². The van der Waals surface area contributed by atoms with E-state index in [1.807, 2.05) is 67.6 Å². The van der Waals surface area contributed by atoms with Crippen LogP contribution in [0.25, 0.3) is 11.0 Å². The van der Waals surface area contributed by atoms with Crippen LogP contribution in [0.5, 0.6) is 0 Å². The SMILES string of the molecule is C[C@H](Nc1n[nH]c(=O)c2c1nnn2Cc1ccccc1)c1ccccc1. The molecule has 4 aromatic rings. The minimum absolute atomic E-state index is 0.0112. The normalized spacial score (nSPS) is 12.2. The van der Waals surface area contributed by atoms with E-state index in [-0.39, 0.29) is 11.6 Å². The topological polar surface area (TPSA) is 88.5 Å². The Kier molecular flexibility index (Phi) is 4.18. The van der Waals surface area contributed by atoms with Crippen molar-refractivity contribution < 1.29 is 0 Å². The van der Waals surface area contributed by atoms with Gasteiger partial charge in [0.2, 0.25) is 0 Å². The molecule has 0 spiro atoms. The predicted octanol–water partition coefficient (Wildman–Crippen LogP) is 2.74. The van der Waals surface area contributed by atoms with Gasteiger partial charge in [-0.05, 0) is 18.1 Å². The first-order valence-corrected chi connectivity index (χ1v) is 8.39. The van der Waals surface area contributed by atoms with Crippen LogP contribution in [-0.2, 0) is 6.54 Å². The van der Waals surface area contributed by atoms with E-state index >= 15 is 0 Å². The lowest BCUT2D eigenvalue weighted by Gasteiger charge is -2.14. The maximum Gasteiger partial charge on any atom is 0.292 e. The minimum Gasteiger partial charge on any atom is -0.360 e. The summed E-state index contributed by atoms with van der Waals surface area (Å²) in [5.74, 6) is 0.510. The molecule has 1 atom stereocenters. The van der Waals surface area contributed by atoms with Gasteiger partial charge in [-0.1, -0.05) is 65.9 Å². The van der Waals surface area contributed by atoms with Gasteiger partial charge in [-0.25, -0.2) is 9.78 Å². The smallest absolute Gasteiger partial charge is 0.292 e. The Bertz CT molecular complexity index is 1070. The van der Waals surface area contributed by atoms with Crippen molar-refractivity contribution in [3.05, 3.63) is 82.1 Å². The van der Waals surface area contributed by atoms with Crippen molar-refractivity contribution in [1.29, 1.82) is 0 Å². The predicted molar refractivity (Wildman–Crippen MR) is 100.0 cm³/mol. The molecule has 130 valence electrons. The van der Waals surface area contributed by atoms with Gasteiger partial charge in [0.1, 0.15) is 0 Å². The molecule has 2 aromatic heterocycles. The monoisotopic (exact) mass is 346 g/mol. The second-order valence-corrected chi connectivity index (χ2v) is 6.11. The molecule has 7 nitrogen and oxygen atoms in total. The summed E-state index contributed by atoms with van der Waals surface area (Å²) in [6.07, 6.45) is 0. The fraction of sp³-hybridized carbons (Fsp3) is 0.158. The van der Waals surface area contributed by atoms with Crippen LogP contribution in [0.15, 0.2) is 65.5 Å². The molecule has 2 heterocycles. The zero-order chi connectivity index (χ0) is 17.9. The number of hydrogen-bond acceptors (Lipinski definition) is 5. The molecule has 2 N–H and O–H groups in total. The van der Waals surface area contributed by atoms with Gasteiger partial charge in [-0.2, -0.15) is 5.10 Å². The molecule has 2 aromatic carbocycles. The molecule has 0 unspecified atom stereocenters. The zero-order valence-corrected chi connectivity index (χ0v) is 14.3. The second-order valence-electron chi connectivity index (χ2n) is 6.11. The largest absolute Gasteiger partial charge is 0.360 e. The summed E-state index contributed by atoms with van der Waals surface area (Å²) in [5, 5.41) is 18.3. The van der Waals surface area contributed by atoms with Gasteiger partial charge in [0.25, 0.3) is 5.56 Å². The molecule has 0 saturated carbocycles. The van der Waals surface area contributed by atoms with Crippen molar-refractivity contribution in [3.63, 3.8) is 0 Å². The number of H-pyrrole nitrogens is 1. The number of fused-ring (bicyclic) bond motifs is 1. The lowest BCUT2D eigenvalue weighted by atomic mass is 10.1. The molecule has 26 heavy (non-hydrogen) atoms. The fourth-order valence-electron chi connectivity index (χ4n) is 2.91. The number of nitrogens with zero attached hydrogens (tertiary/aromatic N) is 4. The third kappa shape index (κ3) is 3.06. The zero-order valence-electron chi connectivity index (χ0n) is 14.3. The second kappa shape index (κ2) is 6.79. The van der Waals surface area contributed by atoms with Gasteiger partial charge >= 0.3 is 0 Å². The van der Waals surface area contributed by atoms with Gasteiger partial charge in [0.05, 0.1) is 12.6 Å². The molecule has 4 rings (SSSR count). The molecule has 7 heteroatoms. The first-order valence-electron chi connectivity index (χ1n) is 8.39. The van der Waals surface area contributed by atoms with Crippen LogP contribution < -0.4 is 10.9 Å². The van der Waals surface area contributed by atoms with E-state index in [1.165, 1.54) is 0 Å². The summed E-state index contributed by atoms with van der Waals surface area (Å²) in [5.41, 5.74) is 2.73. The molecule has 0 aliphatic rings. The number of nitrogens with one attached hydrogen (secondary N) is 2. The summed E-state index contributed by atoms with van der Waals surface area (Å²) >= 11 is 0. The van der Waals surface area contributed by atoms with Gasteiger partial charge in [0, 0.05) is 0 Å². The maximum atomic E-state index is 12.3. The van der Waals surface area contributed by atoms with E-state index < -0.39 is 0 Å². The Hall–Kier alpha value is -3.48. The summed E-state index contributed by atoms with van der Waals surface area (Å²) in [4.78, 5) is 12.3. The fourth-order valence-corrected chi connectivity index (χ4v) is 2.91. The van der Waals surface area contributed by atoms with E-state index in [0.29, 0.717) is 23.4 Å². The standard InChI is InChI=1S/C19H18N6O/c1-13(15-10-6-3-7-11-15)20-18-16-17(19(26)23-22-18)25(24-21-16)12-14-8-4-2-5-9-14/h2-11,13H,12H2,1H3,(H,20,22)(H,23,26)/t13-/m0/s1. The molecular formula is C19H18N6O. The number of aromatic nitrogens is 5. The van der Waals surface area contributed by atoms with Crippen LogP contribution >= 0.6 is 0 Å². The summed E-state index contributed by atoms with van der Waals surface area (Å²) in [6, 6.07) is 19.9. The number of rotatable bonds is 5. The van der Waals surface area contributed by atoms with Crippen LogP contribution in [0.3, 0.4) is 0 Å². The molecule has 0 radical (unpaired) electrons. The molecule has 0 aliphatic carbocycles. The van der Waals surface area contributed by atoms with Crippen molar-refractivity contribution in [1.82, 2.24) is 25.2 Å². The van der Waals surface area contributed by atoms with Gasteiger partial charge < -0.3 is 5.32 Å². The van der Waals surface area contributed by atoms with Crippen LogP contribution in [0, 0.1) is 0 Å². The van der Waals surface area contributed by atoms with Gasteiger partial charge in [-0.15, -0.1) is 5.10 Å². The third-order valence-electron chi connectivity index (χ3n) is 4.27. The maximum absolute atomic E-state index is 12.3. The van der Waals surface area contributed by atoms with Crippen molar-refractivity contribution in [2.24, 2.45) is 0 Å². The van der Waals surface area contributed by atoms with E-state index in [9.17, 15) is 4.79 Å². The Balaban J connectivity index is 1.69. The average Bonchev–Trinajstić information content (AvgIpc) is 3.10. The van der Waals surface area contributed by atoms with Gasteiger partial charge in [0.15, 0.2) is 16.9 Å². The summed E-state index contributed by atoms with van der Waals surface area (Å²) in [7, 11) is 0. The average molecular weight is 346 g/mol. The highest BCUT2D eigenvalue weighted by molar-refractivity contribution is 5.84. The van der Waals surface area contributed by atoms with Crippen molar-refractivity contribution >= 4 is 16.9 Å². The minimum atomic E-state index is -0.307. The van der Waals surface area contributed by atoms with Crippen LogP contribution in [0.2, 0.25) is 0 Å². The van der Waals surface area contributed by atoms with Gasteiger partial charge in [-0.3, -0.25) is 4.79 Å². The van der Waals surface area contributed by atoms with E-state index in [4.69, 9.17) is 0 Å². The van der Waals surface area contributed by atoms with Crippen LogP contribution in [-0.4, -0.2) is 25.2 Å². The molecule has 0 bridgehead atoms. The van der Waals surface area contributed by atoms with Crippen LogP contribution in [0.1, 0.15) is 24.1 Å². The summed E-state index contributed by atoms with van der Waals surface area (Å²) in [6.45, 7) is 2.50. The Morgan fingerprint density at radius 3 is 2.50 bits per heavy atom. The third-order valence-corrected chi connectivity index (χ3v) is 4.27. The van der Waals surface area contributed by atoms with Crippen molar-refractivity contribution in [3.8, 4) is 0 Å². The molecule has 0 saturated heterocycles. The molecular weight excluding hydrogens is 328 g/mol. The summed E-state index contributed by atoms with van der Waals surface area (Å²) < 4.78 is 1.60. The molecule has 0 amide bonds. The molecule has 0 fully saturated rings. The number of hydrogen-bond donors (Lipinski definition) is 2. The quantitative estimate of drug-likeness (QED) is 0.580. The first kappa shape index (κ1) is 16.0. The molecule has 0 aliphatic heterocycles. The lowest BCUT2D eigenvalue weighted by Crippen LogP contribution is -2.17. The first-order chi connectivity index (χ1) is 12.7. The van der Waals surface area contributed by atoms with Crippen LogP contribution in [0.4, 0.5) is 5.82 Å². The van der Waals surface area contributed by atoms with Crippen molar-refractivity contribution in [2.75, 3.05) is 5.32 Å². The highest BCUT2D eigenvalue weighted by Gasteiger charge is 2.16. The Morgan fingerprint density at radius 2 is 1.77 bits per heavy atom. The highest BCUT2D eigenvalue weighted by atomic mass is 16.1. The number of anilines is 1. The number of aromatic amines is 1. The van der Waals surface area contributed by atoms with E-state index in [2.05, 4.69) is 25.8 Å². The lowest BCUT2D eigenvalue weighted by molar-refractivity contribution is 0.667.